The van der Waals surface area contributed by atoms with Crippen molar-refractivity contribution >= 4 is 21.8 Å². The van der Waals surface area contributed by atoms with Crippen molar-refractivity contribution < 1.29 is 21.6 Å². The number of halogens is 3. The Hall–Kier alpha value is -2.74. The highest BCUT2D eigenvalue weighted by Crippen LogP contribution is 2.42. The van der Waals surface area contributed by atoms with Gasteiger partial charge in [-0.15, -0.1) is 11.8 Å². The first-order chi connectivity index (χ1) is 14.1. The Bertz CT molecular complexity index is 1240. The number of nitrogens with zero attached hydrogens (tertiary/aromatic N) is 2. The molecule has 0 amide bonds. The van der Waals surface area contributed by atoms with Crippen molar-refractivity contribution in [2.75, 3.05) is 6.26 Å². The second-order valence-electron chi connectivity index (χ2n) is 6.14. The molecule has 30 heavy (non-hydrogen) atoms. The molecule has 0 aliphatic heterocycles. The van der Waals surface area contributed by atoms with Crippen LogP contribution in [0.15, 0.2) is 58.3 Å². The lowest BCUT2D eigenvalue weighted by atomic mass is 9.98. The monoisotopic (exact) mass is 451 g/mol. The van der Waals surface area contributed by atoms with Gasteiger partial charge in [0, 0.05) is 22.1 Å². The highest BCUT2D eigenvalue weighted by Gasteiger charge is 2.40. The first-order valence-electron chi connectivity index (χ1n) is 8.47. The minimum absolute atomic E-state index is 0.0305. The summed E-state index contributed by atoms with van der Waals surface area (Å²) in [6, 6.07) is 14.2. The number of sulfonamides is 1. The summed E-state index contributed by atoms with van der Waals surface area (Å²) in [6.45, 7) is 1.41. The summed E-state index contributed by atoms with van der Waals surface area (Å²) < 4.78 is 65.6. The fourth-order valence-corrected chi connectivity index (χ4v) is 3.83. The molecule has 0 atom stereocenters. The van der Waals surface area contributed by atoms with E-state index in [0.717, 1.165) is 4.90 Å². The van der Waals surface area contributed by atoms with Gasteiger partial charge in [-0.3, -0.25) is 0 Å². The van der Waals surface area contributed by atoms with Crippen LogP contribution in [-0.2, 0) is 16.2 Å². The number of hydrogen-bond acceptors (Lipinski definition) is 4. The SMILES string of the molecule is CC#Cn1nc(-c2ccc(S(N)(=O)=O)cc2)c(-c2ccc(SC)cc2)c1C(F)(F)F. The maximum absolute atomic E-state index is 14.0. The van der Waals surface area contributed by atoms with Gasteiger partial charge in [0.2, 0.25) is 10.0 Å². The topological polar surface area (TPSA) is 78.0 Å². The highest BCUT2D eigenvalue weighted by molar-refractivity contribution is 7.98. The third-order valence-electron chi connectivity index (χ3n) is 4.21. The molecule has 0 spiro atoms. The van der Waals surface area contributed by atoms with Gasteiger partial charge in [0.05, 0.1) is 4.90 Å². The van der Waals surface area contributed by atoms with E-state index in [1.807, 2.05) is 6.26 Å². The molecule has 0 radical (unpaired) electrons. The summed E-state index contributed by atoms with van der Waals surface area (Å²) in [5.41, 5.74) is -0.494. The molecule has 2 aromatic carbocycles. The van der Waals surface area contributed by atoms with Crippen LogP contribution in [0.1, 0.15) is 12.6 Å². The van der Waals surface area contributed by atoms with E-state index >= 15 is 0 Å². The largest absolute Gasteiger partial charge is 0.434 e. The van der Waals surface area contributed by atoms with Gasteiger partial charge < -0.3 is 0 Å². The fourth-order valence-electron chi connectivity index (χ4n) is 2.90. The average molecular weight is 451 g/mol. The van der Waals surface area contributed by atoms with Crippen molar-refractivity contribution in [2.45, 2.75) is 22.9 Å². The number of rotatable bonds is 4. The van der Waals surface area contributed by atoms with E-state index in [-0.39, 0.29) is 16.2 Å². The second-order valence-corrected chi connectivity index (χ2v) is 8.58. The van der Waals surface area contributed by atoms with Crippen LogP contribution < -0.4 is 5.14 Å². The zero-order valence-corrected chi connectivity index (χ0v) is 17.5. The van der Waals surface area contributed by atoms with E-state index < -0.39 is 21.9 Å². The number of alkyl halides is 3. The van der Waals surface area contributed by atoms with Crippen LogP contribution in [-0.4, -0.2) is 24.5 Å². The second kappa shape index (κ2) is 8.18. The third-order valence-corrected chi connectivity index (χ3v) is 5.88. The summed E-state index contributed by atoms with van der Waals surface area (Å²) in [7, 11) is -3.94. The predicted molar refractivity (Wildman–Crippen MR) is 110 cm³/mol. The molecule has 5 nitrogen and oxygen atoms in total. The number of nitrogens with two attached hydrogens (primary N) is 1. The van der Waals surface area contributed by atoms with E-state index in [1.165, 1.54) is 43.0 Å². The van der Waals surface area contributed by atoms with Crippen LogP contribution in [0.25, 0.3) is 22.4 Å². The summed E-state index contributed by atoms with van der Waals surface area (Å²) >= 11 is 1.47. The molecule has 1 heterocycles. The van der Waals surface area contributed by atoms with Crippen molar-refractivity contribution in [3.05, 3.63) is 54.2 Å². The van der Waals surface area contributed by atoms with Gasteiger partial charge in [-0.1, -0.05) is 30.2 Å². The number of primary sulfonamides is 1. The minimum atomic E-state index is -4.72. The molecule has 156 valence electrons. The zero-order valence-electron chi connectivity index (χ0n) is 15.9. The first kappa shape index (κ1) is 22.0. The van der Waals surface area contributed by atoms with Crippen LogP contribution in [0.2, 0.25) is 0 Å². The fraction of sp³-hybridized carbons (Fsp3) is 0.150. The van der Waals surface area contributed by atoms with Crippen molar-refractivity contribution in [3.8, 4) is 34.3 Å². The molecular weight excluding hydrogens is 435 g/mol. The molecule has 0 bridgehead atoms. The minimum Gasteiger partial charge on any atom is -0.225 e. The average Bonchev–Trinajstić information content (AvgIpc) is 3.07. The van der Waals surface area contributed by atoms with Gasteiger partial charge in [-0.05, 0) is 43.0 Å². The smallest absolute Gasteiger partial charge is 0.225 e. The van der Waals surface area contributed by atoms with E-state index in [2.05, 4.69) is 17.1 Å². The highest BCUT2D eigenvalue weighted by atomic mass is 32.2. The predicted octanol–water partition coefficient (Wildman–Crippen LogP) is 4.43. The number of aromatic nitrogens is 2. The van der Waals surface area contributed by atoms with E-state index in [0.29, 0.717) is 15.8 Å². The van der Waals surface area contributed by atoms with Crippen molar-refractivity contribution in [1.82, 2.24) is 9.78 Å². The van der Waals surface area contributed by atoms with Crippen LogP contribution in [0.4, 0.5) is 13.2 Å². The van der Waals surface area contributed by atoms with E-state index in [1.54, 1.807) is 24.3 Å². The first-order valence-corrected chi connectivity index (χ1v) is 11.2. The Morgan fingerprint density at radius 2 is 1.60 bits per heavy atom. The maximum Gasteiger partial charge on any atom is 0.434 e. The van der Waals surface area contributed by atoms with Crippen molar-refractivity contribution in [1.29, 1.82) is 0 Å². The Morgan fingerprint density at radius 3 is 2.07 bits per heavy atom. The zero-order chi connectivity index (χ0) is 22.1. The Balaban J connectivity index is 2.32. The molecule has 0 saturated carbocycles. The van der Waals surface area contributed by atoms with Crippen LogP contribution >= 0.6 is 11.8 Å². The van der Waals surface area contributed by atoms with Gasteiger partial charge in [0.1, 0.15) is 5.69 Å². The Morgan fingerprint density at radius 1 is 1.03 bits per heavy atom. The molecule has 10 heteroatoms. The lowest BCUT2D eigenvalue weighted by Gasteiger charge is -2.11. The van der Waals surface area contributed by atoms with Gasteiger partial charge in [-0.2, -0.15) is 23.0 Å². The van der Waals surface area contributed by atoms with Gasteiger partial charge in [0.15, 0.2) is 5.69 Å². The number of hydrogen-bond donors (Lipinski definition) is 1. The third kappa shape index (κ3) is 4.38. The van der Waals surface area contributed by atoms with E-state index in [4.69, 9.17) is 5.14 Å². The molecular formula is C20H16F3N3O2S2. The van der Waals surface area contributed by atoms with Gasteiger partial charge in [-0.25, -0.2) is 13.6 Å². The van der Waals surface area contributed by atoms with Crippen LogP contribution in [0.3, 0.4) is 0 Å². The van der Waals surface area contributed by atoms with Gasteiger partial charge in [0.25, 0.3) is 0 Å². The summed E-state index contributed by atoms with van der Waals surface area (Å²) in [5, 5.41) is 9.19. The number of benzene rings is 2. The van der Waals surface area contributed by atoms with Crippen molar-refractivity contribution in [3.63, 3.8) is 0 Å². The lowest BCUT2D eigenvalue weighted by molar-refractivity contribution is -0.142. The molecule has 0 aliphatic carbocycles. The number of thioether (sulfide) groups is 1. The normalized spacial score (nSPS) is 11.8. The molecule has 0 unspecified atom stereocenters. The van der Waals surface area contributed by atoms with Crippen LogP contribution in [0.5, 0.6) is 0 Å². The molecule has 0 fully saturated rings. The van der Waals surface area contributed by atoms with Crippen LogP contribution in [0, 0.1) is 12.0 Å². The Kier molecular flexibility index (Phi) is 5.99. The summed E-state index contributed by atoms with van der Waals surface area (Å²) in [4.78, 5) is 0.744. The standard InChI is InChI=1S/C20H16F3N3O2S2/c1-3-12-26-19(20(21,22)23)17(13-4-8-15(29-2)9-5-13)18(25-26)14-6-10-16(11-7-14)30(24,27)28/h4-11H,1-2H3,(H2,24,27,28). The molecule has 2 N–H and O–H groups in total. The Labute approximate surface area is 176 Å². The van der Waals surface area contributed by atoms with Gasteiger partial charge >= 0.3 is 6.18 Å². The maximum atomic E-state index is 14.0. The molecule has 3 rings (SSSR count). The molecule has 0 saturated heterocycles. The quantitative estimate of drug-likeness (QED) is 0.470. The molecule has 0 aliphatic rings. The van der Waals surface area contributed by atoms with Crippen molar-refractivity contribution in [2.24, 2.45) is 5.14 Å². The summed E-state index contributed by atoms with van der Waals surface area (Å²) in [6.07, 6.45) is -2.85. The lowest BCUT2D eigenvalue weighted by Crippen LogP contribution is -2.13. The molecule has 3 aromatic rings. The molecule has 1 aromatic heterocycles. The summed E-state index contributed by atoms with van der Waals surface area (Å²) in [5.74, 6) is 2.44. The van der Waals surface area contributed by atoms with E-state index in [9.17, 15) is 21.6 Å².